The lowest BCUT2D eigenvalue weighted by Crippen LogP contribution is -2.45. The van der Waals surface area contributed by atoms with Crippen LogP contribution in [0.2, 0.25) is 0 Å². The Morgan fingerprint density at radius 1 is 0.450 bits per heavy atom. The lowest BCUT2D eigenvalue weighted by molar-refractivity contribution is -0.127. The van der Waals surface area contributed by atoms with Gasteiger partial charge in [-0.15, -0.1) is 0 Å². The van der Waals surface area contributed by atoms with E-state index in [0.717, 1.165) is 25.8 Å². The highest BCUT2D eigenvalue weighted by Crippen LogP contribution is 2.22. The first kappa shape index (κ1) is 64.2. The molecule has 438 valence electrons. The molecule has 0 aliphatic carbocycles. The van der Waals surface area contributed by atoms with Crippen LogP contribution in [-0.4, -0.2) is 155 Å². The summed E-state index contributed by atoms with van der Waals surface area (Å²) in [5.41, 5.74) is 13.7. The van der Waals surface area contributed by atoms with Crippen LogP contribution in [0.4, 0.5) is 22.7 Å². The molecule has 27 heteroatoms. The number of hydrogen-bond acceptors (Lipinski definition) is 13. The van der Waals surface area contributed by atoms with E-state index in [1.807, 2.05) is 46.7 Å². The van der Waals surface area contributed by atoms with Gasteiger partial charge >= 0.3 is 0 Å². The molecule has 0 radical (unpaired) electrons. The van der Waals surface area contributed by atoms with Crippen molar-refractivity contribution in [1.82, 2.24) is 55.1 Å². The van der Waals surface area contributed by atoms with E-state index < -0.39 is 85.4 Å². The van der Waals surface area contributed by atoms with Gasteiger partial charge in [-0.1, -0.05) is 34.1 Å². The maximum absolute atomic E-state index is 13.6. The maximum atomic E-state index is 13.6. The Bertz CT molecular complexity index is 2770. The van der Waals surface area contributed by atoms with Gasteiger partial charge in [-0.3, -0.25) is 47.9 Å². The number of nitrogens with zero attached hydrogens (tertiary/aromatic N) is 5. The second kappa shape index (κ2) is 33.2. The molecule has 10 amide bonds. The van der Waals surface area contributed by atoms with Crippen molar-refractivity contribution in [1.29, 1.82) is 0 Å². The minimum absolute atomic E-state index is 0.143. The molecule has 0 saturated heterocycles. The number of aryl methyl sites for hydroxylation is 4. The molecule has 0 aromatic carbocycles. The van der Waals surface area contributed by atoms with Gasteiger partial charge in [0.05, 0.1) is 61.5 Å². The molecule has 0 fully saturated rings. The molecule has 1 atom stereocenters. The van der Waals surface area contributed by atoms with Gasteiger partial charge in [0.1, 0.15) is 22.8 Å². The van der Waals surface area contributed by atoms with E-state index in [2.05, 4.69) is 53.2 Å². The van der Waals surface area contributed by atoms with Crippen LogP contribution in [0.15, 0.2) is 49.1 Å². The first-order valence-corrected chi connectivity index (χ1v) is 27.1. The van der Waals surface area contributed by atoms with Gasteiger partial charge in [-0.25, -0.2) is 0 Å². The fourth-order valence-corrected chi connectivity index (χ4v) is 8.18. The van der Waals surface area contributed by atoms with Crippen molar-refractivity contribution in [2.75, 3.05) is 87.7 Å². The van der Waals surface area contributed by atoms with Gasteiger partial charge in [0.25, 0.3) is 23.6 Å². The molecule has 4 aromatic rings. The van der Waals surface area contributed by atoms with Crippen LogP contribution in [0.1, 0.15) is 121 Å². The summed E-state index contributed by atoms with van der Waals surface area (Å²) in [5, 5.41) is 26.2. The first-order chi connectivity index (χ1) is 38.3. The Morgan fingerprint density at radius 2 is 0.800 bits per heavy atom. The molecule has 1 unspecified atom stereocenters. The summed E-state index contributed by atoms with van der Waals surface area (Å²) in [6.07, 6.45) is 11.8. The van der Waals surface area contributed by atoms with Crippen LogP contribution in [-0.2, 0) is 54.9 Å². The van der Waals surface area contributed by atoms with E-state index in [1.54, 1.807) is 49.1 Å². The van der Waals surface area contributed by atoms with Crippen molar-refractivity contribution in [2.45, 2.75) is 111 Å². The Morgan fingerprint density at radius 3 is 1.19 bits per heavy atom. The Kier molecular flexibility index (Phi) is 26.7. The van der Waals surface area contributed by atoms with Gasteiger partial charge in [0.15, 0.2) is 0 Å². The number of hydrogen-bond donors (Lipinski definition) is 12. The fraction of sp³-hybridized carbons (Fsp3) is 0.509. The summed E-state index contributed by atoms with van der Waals surface area (Å²) in [4.78, 5) is 131. The first-order valence-electron chi connectivity index (χ1n) is 27.1. The standard InChI is InChI=1S/C53H81N17O10/c1-7-17-67-33-37(24-40(67)50(77)56-16-13-21-66(5)6)64-52(79)42-22-35(31-69(42)19-9-3)62-47(74)29-58-44(71)26-57-46(73)28-61-51(78)41-25-38(34-68(41)18-8-2)65-53(80)43-23-36(32-70(43)20-10-4)63-48(75)30-59-45(72)27-60-49(76)39(55)14-11-12-15-54/h22-25,31-34,39H,7-21,26-30,54-55H2,1-6H3,(H,56,77)(H,57,73)(H,58,71)(H,59,72)(H,60,76)(H,61,78)(H,62,74)(H,63,75)(H,64,79)(H,65,80). The molecule has 14 N–H and O–H groups in total. The zero-order chi connectivity index (χ0) is 58.7. The number of nitrogens with two attached hydrogens (primary N) is 2. The second-order valence-corrected chi connectivity index (χ2v) is 19.3. The van der Waals surface area contributed by atoms with Gasteiger partial charge in [-0.2, -0.15) is 0 Å². The zero-order valence-electron chi connectivity index (χ0n) is 46.8. The monoisotopic (exact) mass is 1120 g/mol. The largest absolute Gasteiger partial charge is 0.351 e. The minimum Gasteiger partial charge on any atom is -0.351 e. The number of unbranched alkanes of at least 4 members (excludes halogenated alkanes) is 1. The summed E-state index contributed by atoms with van der Waals surface area (Å²) in [6, 6.07) is 5.27. The molecule has 27 nitrogen and oxygen atoms in total. The number of carbonyl (C=O) groups is 10. The quantitative estimate of drug-likeness (QED) is 0.0286. The predicted octanol–water partition coefficient (Wildman–Crippen LogP) is 0.947. The highest BCUT2D eigenvalue weighted by atomic mass is 16.2. The van der Waals surface area contributed by atoms with Crippen molar-refractivity contribution >= 4 is 81.8 Å². The number of anilines is 4. The van der Waals surface area contributed by atoms with Crippen molar-refractivity contribution < 1.29 is 47.9 Å². The molecule has 4 rings (SSSR count). The summed E-state index contributed by atoms with van der Waals surface area (Å²) >= 11 is 0. The van der Waals surface area contributed by atoms with E-state index in [0.29, 0.717) is 88.4 Å². The molecule has 4 aromatic heterocycles. The predicted molar refractivity (Wildman–Crippen MR) is 303 cm³/mol. The van der Waals surface area contributed by atoms with E-state index >= 15 is 0 Å². The molecular weight excluding hydrogens is 1030 g/mol. The lowest BCUT2D eigenvalue weighted by Gasteiger charge is -2.12. The highest BCUT2D eigenvalue weighted by molar-refractivity contribution is 6.07. The third-order valence-corrected chi connectivity index (χ3v) is 12.0. The molecule has 0 bridgehead atoms. The van der Waals surface area contributed by atoms with Crippen molar-refractivity contribution in [3.05, 3.63) is 71.8 Å². The van der Waals surface area contributed by atoms with Crippen LogP contribution in [0.5, 0.6) is 0 Å². The van der Waals surface area contributed by atoms with Gasteiger partial charge in [0, 0.05) is 57.5 Å². The third-order valence-electron chi connectivity index (χ3n) is 12.0. The number of nitrogens with one attached hydrogen (secondary N) is 10. The van der Waals surface area contributed by atoms with E-state index in [4.69, 9.17) is 11.5 Å². The molecule has 0 saturated carbocycles. The number of aromatic nitrogens is 4. The van der Waals surface area contributed by atoms with Crippen LogP contribution >= 0.6 is 0 Å². The molecule has 80 heavy (non-hydrogen) atoms. The number of carbonyl (C=O) groups excluding carboxylic acids is 10. The average Bonchev–Trinajstić information content (AvgIpc) is 4.28. The van der Waals surface area contributed by atoms with Crippen molar-refractivity contribution in [3.8, 4) is 0 Å². The van der Waals surface area contributed by atoms with Crippen molar-refractivity contribution in [2.24, 2.45) is 11.5 Å². The zero-order valence-corrected chi connectivity index (χ0v) is 46.8. The minimum atomic E-state index is -0.786. The number of rotatable bonds is 35. The number of amides is 10. The molecule has 0 aliphatic heterocycles. The molecule has 0 aliphatic rings. The Labute approximate surface area is 465 Å². The Balaban J connectivity index is 1.24. The third kappa shape index (κ3) is 21.2. The maximum Gasteiger partial charge on any atom is 0.272 e. The molecule has 4 heterocycles. The lowest BCUT2D eigenvalue weighted by atomic mass is 10.1. The van der Waals surface area contributed by atoms with E-state index in [9.17, 15) is 47.9 Å². The highest BCUT2D eigenvalue weighted by Gasteiger charge is 2.22. The van der Waals surface area contributed by atoms with E-state index in [-0.39, 0.29) is 40.9 Å². The summed E-state index contributed by atoms with van der Waals surface area (Å²) in [5.74, 6) is -5.51. The topological polar surface area (TPSA) is 366 Å². The van der Waals surface area contributed by atoms with Gasteiger partial charge in [0.2, 0.25) is 35.4 Å². The van der Waals surface area contributed by atoms with Crippen LogP contribution < -0.4 is 64.6 Å². The fourth-order valence-electron chi connectivity index (χ4n) is 8.18. The van der Waals surface area contributed by atoms with Gasteiger partial charge in [-0.05, 0) is 96.4 Å². The SMILES string of the molecule is CCCn1cc(NC(=O)c2cc(NC(=O)CNC(=O)CNC(=O)CNC(=O)c3cc(NC(=O)c4cc(NC(=O)CNC(=O)CNC(=O)C(N)CCCCN)cn4CCC)cn3CCC)cn2CCC)cc1C(=O)NCCCN(C)C. The summed E-state index contributed by atoms with van der Waals surface area (Å²) in [7, 11) is 3.93. The molecule has 0 spiro atoms. The van der Waals surface area contributed by atoms with E-state index in [1.165, 1.54) is 18.2 Å². The second-order valence-electron chi connectivity index (χ2n) is 19.3. The summed E-state index contributed by atoms with van der Waals surface area (Å²) < 4.78 is 6.76. The Hall–Kier alpha value is -8.30. The van der Waals surface area contributed by atoms with Gasteiger partial charge < -0.3 is 87.8 Å². The molecular formula is C53H81N17O10. The van der Waals surface area contributed by atoms with Crippen molar-refractivity contribution in [3.63, 3.8) is 0 Å². The van der Waals surface area contributed by atoms with Crippen LogP contribution in [0.25, 0.3) is 0 Å². The van der Waals surface area contributed by atoms with Crippen LogP contribution in [0, 0.1) is 0 Å². The smallest absolute Gasteiger partial charge is 0.272 e. The average molecular weight is 1120 g/mol. The summed E-state index contributed by atoms with van der Waals surface area (Å²) in [6.45, 7) is 9.16. The normalized spacial score (nSPS) is 11.3. The van der Waals surface area contributed by atoms with Crippen LogP contribution in [0.3, 0.4) is 0 Å².